The lowest BCUT2D eigenvalue weighted by Crippen LogP contribution is -2.37. The van der Waals surface area contributed by atoms with E-state index in [4.69, 9.17) is 13.9 Å². The number of ether oxygens (including phenoxy) is 2. The maximum atomic E-state index is 12.3. The third-order valence-corrected chi connectivity index (χ3v) is 9.00. The maximum absolute atomic E-state index is 12.3. The van der Waals surface area contributed by atoms with Gasteiger partial charge < -0.3 is 19.0 Å². The van der Waals surface area contributed by atoms with Gasteiger partial charge in [0.1, 0.15) is 11.5 Å². The highest BCUT2D eigenvalue weighted by Gasteiger charge is 2.43. The SMILES string of the molecule is COc1cccc(C2CCc3cc(OC)ccc3C2(O)C#CC(C)(C)CCCCCCCO[SiH2]C(C)(C)C)c1. The first-order valence-electron chi connectivity index (χ1n) is 14.6. The number of methoxy groups -OCH3 is 2. The van der Waals surface area contributed by atoms with Gasteiger partial charge in [-0.25, -0.2) is 0 Å². The highest BCUT2D eigenvalue weighted by Crippen LogP contribution is 2.47. The van der Waals surface area contributed by atoms with Gasteiger partial charge in [0, 0.05) is 17.9 Å². The molecule has 2 atom stereocenters. The summed E-state index contributed by atoms with van der Waals surface area (Å²) in [5.74, 6) is 8.41. The lowest BCUT2D eigenvalue weighted by Gasteiger charge is -2.39. The van der Waals surface area contributed by atoms with Crippen molar-refractivity contribution in [2.45, 2.75) is 103 Å². The Labute approximate surface area is 239 Å². The van der Waals surface area contributed by atoms with E-state index in [1.807, 2.05) is 36.4 Å². The van der Waals surface area contributed by atoms with Crippen molar-refractivity contribution in [3.05, 3.63) is 59.2 Å². The van der Waals surface area contributed by atoms with Crippen molar-refractivity contribution >= 4 is 9.76 Å². The monoisotopic (exact) mass is 550 g/mol. The van der Waals surface area contributed by atoms with Gasteiger partial charge in [0.15, 0.2) is 15.4 Å². The topological polar surface area (TPSA) is 47.9 Å². The van der Waals surface area contributed by atoms with Crippen molar-refractivity contribution in [2.75, 3.05) is 20.8 Å². The largest absolute Gasteiger partial charge is 0.497 e. The van der Waals surface area contributed by atoms with Crippen molar-refractivity contribution in [2.24, 2.45) is 5.41 Å². The fourth-order valence-corrected chi connectivity index (χ4v) is 6.36. The number of hydrogen-bond donors (Lipinski definition) is 1. The fraction of sp³-hybridized carbons (Fsp3) is 0.588. The van der Waals surface area contributed by atoms with Crippen molar-refractivity contribution in [1.29, 1.82) is 0 Å². The Balaban J connectivity index is 1.68. The molecular formula is C34H50O4Si. The van der Waals surface area contributed by atoms with Crippen LogP contribution in [0.1, 0.15) is 102 Å². The van der Waals surface area contributed by atoms with E-state index in [9.17, 15) is 5.11 Å². The van der Waals surface area contributed by atoms with Crippen LogP contribution in [0, 0.1) is 17.3 Å². The molecule has 1 aliphatic carbocycles. The number of unbranched alkanes of at least 4 members (excludes halogenated alkanes) is 4. The Kier molecular flexibility index (Phi) is 11.1. The summed E-state index contributed by atoms with van der Waals surface area (Å²) in [6, 6.07) is 14.0. The number of aliphatic hydroxyl groups is 1. The van der Waals surface area contributed by atoms with Gasteiger partial charge in [-0.3, -0.25) is 0 Å². The lowest BCUT2D eigenvalue weighted by molar-refractivity contribution is 0.0561. The van der Waals surface area contributed by atoms with Crippen molar-refractivity contribution in [3.63, 3.8) is 0 Å². The zero-order valence-corrected chi connectivity index (χ0v) is 26.8. The van der Waals surface area contributed by atoms with Crippen LogP contribution in [0.25, 0.3) is 0 Å². The molecule has 0 saturated carbocycles. The minimum absolute atomic E-state index is 0.139. The van der Waals surface area contributed by atoms with E-state index < -0.39 is 15.4 Å². The van der Waals surface area contributed by atoms with Crippen LogP contribution in [0.2, 0.25) is 5.04 Å². The number of benzene rings is 2. The number of aryl methyl sites for hydroxylation is 1. The first-order valence-corrected chi connectivity index (χ1v) is 15.9. The summed E-state index contributed by atoms with van der Waals surface area (Å²) in [4.78, 5) is 0. The third kappa shape index (κ3) is 9.13. The highest BCUT2D eigenvalue weighted by molar-refractivity contribution is 6.31. The second-order valence-electron chi connectivity index (χ2n) is 12.9. The minimum atomic E-state index is -1.28. The van der Waals surface area contributed by atoms with E-state index in [0.717, 1.165) is 66.9 Å². The summed E-state index contributed by atoms with van der Waals surface area (Å²) in [6.45, 7) is 12.1. The van der Waals surface area contributed by atoms with E-state index >= 15 is 0 Å². The van der Waals surface area contributed by atoms with Crippen LogP contribution in [0.15, 0.2) is 42.5 Å². The van der Waals surface area contributed by atoms with Crippen LogP contribution in [0.5, 0.6) is 11.5 Å². The van der Waals surface area contributed by atoms with Gasteiger partial charge in [-0.15, -0.1) is 0 Å². The molecule has 4 nitrogen and oxygen atoms in total. The van der Waals surface area contributed by atoms with Gasteiger partial charge in [0.25, 0.3) is 0 Å². The van der Waals surface area contributed by atoms with E-state index in [1.54, 1.807) is 14.2 Å². The summed E-state index contributed by atoms with van der Waals surface area (Å²) in [7, 11) is 2.93. The molecule has 0 bridgehead atoms. The highest BCUT2D eigenvalue weighted by atomic mass is 28.2. The van der Waals surface area contributed by atoms with E-state index in [0.29, 0.717) is 5.04 Å². The molecule has 2 aromatic rings. The summed E-state index contributed by atoms with van der Waals surface area (Å²) >= 11 is 0. The van der Waals surface area contributed by atoms with Crippen LogP contribution >= 0.6 is 0 Å². The Bertz CT molecular complexity index is 1120. The van der Waals surface area contributed by atoms with Crippen LogP contribution in [-0.4, -0.2) is 35.7 Å². The minimum Gasteiger partial charge on any atom is -0.497 e. The first-order chi connectivity index (χ1) is 18.5. The van der Waals surface area contributed by atoms with Crippen molar-refractivity contribution in [1.82, 2.24) is 0 Å². The number of hydrogen-bond acceptors (Lipinski definition) is 4. The molecule has 2 aromatic carbocycles. The second-order valence-corrected chi connectivity index (χ2v) is 15.7. The Morgan fingerprint density at radius 3 is 2.33 bits per heavy atom. The molecule has 214 valence electrons. The van der Waals surface area contributed by atoms with Crippen LogP contribution < -0.4 is 9.47 Å². The predicted octanol–water partition coefficient (Wildman–Crippen LogP) is 7.31. The number of rotatable bonds is 12. The molecule has 0 heterocycles. The normalized spacial score (nSPS) is 19.4. The molecule has 2 unspecified atom stereocenters. The fourth-order valence-electron chi connectivity index (χ4n) is 5.40. The molecule has 0 aliphatic heterocycles. The zero-order chi connectivity index (χ0) is 28.5. The summed E-state index contributed by atoms with van der Waals surface area (Å²) in [5, 5.41) is 12.7. The first kappa shape index (κ1) is 31.3. The summed E-state index contributed by atoms with van der Waals surface area (Å²) < 4.78 is 16.9. The molecular weight excluding hydrogens is 500 g/mol. The quantitative estimate of drug-likeness (QED) is 0.171. The van der Waals surface area contributed by atoms with Crippen LogP contribution in [0.3, 0.4) is 0 Å². The standard InChI is InChI=1S/C34H50O4Si/c1-32(2,3)39-38-23-12-10-8-9-11-20-33(4,5)21-22-34(35)30(26-14-13-15-28(24-26)36-6)18-16-27-25-29(37-7)17-19-31(27)34/h13-15,17,19,24-25,30,35H,8-12,16,18,20,23,39H2,1-7H3. The maximum Gasteiger partial charge on any atom is 0.166 e. The van der Waals surface area contributed by atoms with Crippen LogP contribution in [0.4, 0.5) is 0 Å². The van der Waals surface area contributed by atoms with Gasteiger partial charge in [-0.1, -0.05) is 76.5 Å². The van der Waals surface area contributed by atoms with Gasteiger partial charge in [-0.05, 0) is 85.5 Å². The summed E-state index contributed by atoms with van der Waals surface area (Å²) in [5.41, 5.74) is 1.60. The van der Waals surface area contributed by atoms with E-state index in [1.165, 1.54) is 19.3 Å². The third-order valence-electron chi connectivity index (χ3n) is 7.64. The molecule has 0 aromatic heterocycles. The average molecular weight is 551 g/mol. The molecule has 0 amide bonds. The molecule has 0 radical (unpaired) electrons. The molecule has 1 N–H and O–H groups in total. The molecule has 1 aliphatic rings. The van der Waals surface area contributed by atoms with Crippen LogP contribution in [-0.2, 0) is 16.4 Å². The second kappa shape index (κ2) is 13.9. The number of fused-ring (bicyclic) bond motifs is 1. The molecule has 3 rings (SSSR count). The Morgan fingerprint density at radius 1 is 0.923 bits per heavy atom. The Morgan fingerprint density at radius 2 is 1.62 bits per heavy atom. The van der Waals surface area contributed by atoms with Crippen molar-refractivity contribution < 1.29 is 19.0 Å². The molecule has 0 spiro atoms. The molecule has 0 saturated heterocycles. The molecule has 39 heavy (non-hydrogen) atoms. The molecule has 0 fully saturated rings. The summed E-state index contributed by atoms with van der Waals surface area (Å²) in [6.07, 6.45) is 8.67. The molecule has 5 heteroatoms. The average Bonchev–Trinajstić information content (AvgIpc) is 2.90. The van der Waals surface area contributed by atoms with E-state index in [-0.39, 0.29) is 11.3 Å². The van der Waals surface area contributed by atoms with E-state index in [2.05, 4.69) is 52.5 Å². The smallest absolute Gasteiger partial charge is 0.166 e. The van der Waals surface area contributed by atoms with Gasteiger partial charge in [-0.2, -0.15) is 0 Å². The van der Waals surface area contributed by atoms with Crippen molar-refractivity contribution in [3.8, 4) is 23.3 Å². The zero-order valence-electron chi connectivity index (χ0n) is 25.4. The Hall–Kier alpha value is -2.26. The van der Waals surface area contributed by atoms with Gasteiger partial charge >= 0.3 is 0 Å². The van der Waals surface area contributed by atoms with Gasteiger partial charge in [0.2, 0.25) is 0 Å². The lowest BCUT2D eigenvalue weighted by atomic mass is 9.68. The van der Waals surface area contributed by atoms with Gasteiger partial charge in [0.05, 0.1) is 14.2 Å². The predicted molar refractivity (Wildman–Crippen MR) is 164 cm³/mol.